The smallest absolute Gasteiger partial charge is 0.0223 e. The molecule has 3 atom stereocenters. The number of nitrogens with zero attached hydrogens (tertiary/aromatic N) is 1. The van der Waals surface area contributed by atoms with Gasteiger partial charge in [0.1, 0.15) is 0 Å². The van der Waals surface area contributed by atoms with E-state index in [1.54, 1.807) is 0 Å². The molecule has 2 N–H and O–H groups in total. The Morgan fingerprint density at radius 3 is 2.71 bits per heavy atom. The standard InChI is InChI=1S/C15H30N2/c1-12-6-8-17(14(9-12)11-16)13-5-4-7-15(2,3)10-13/h12-14H,4-11,16H2,1-3H3. The van der Waals surface area contributed by atoms with Gasteiger partial charge in [0.15, 0.2) is 0 Å². The van der Waals surface area contributed by atoms with Crippen molar-refractivity contribution in [2.45, 2.75) is 71.4 Å². The maximum atomic E-state index is 5.99. The summed E-state index contributed by atoms with van der Waals surface area (Å²) in [6.45, 7) is 9.38. The first-order valence-corrected chi connectivity index (χ1v) is 7.47. The van der Waals surface area contributed by atoms with Crippen LogP contribution in [0.15, 0.2) is 0 Å². The van der Waals surface area contributed by atoms with Gasteiger partial charge in [0, 0.05) is 18.6 Å². The Bertz CT molecular complexity index is 249. The van der Waals surface area contributed by atoms with Gasteiger partial charge in [-0.1, -0.05) is 27.2 Å². The van der Waals surface area contributed by atoms with Crippen LogP contribution in [-0.4, -0.2) is 30.1 Å². The van der Waals surface area contributed by atoms with Crippen LogP contribution in [0.2, 0.25) is 0 Å². The summed E-state index contributed by atoms with van der Waals surface area (Å²) >= 11 is 0. The van der Waals surface area contributed by atoms with Crippen molar-refractivity contribution < 1.29 is 0 Å². The van der Waals surface area contributed by atoms with Crippen LogP contribution in [0.3, 0.4) is 0 Å². The van der Waals surface area contributed by atoms with Crippen LogP contribution >= 0.6 is 0 Å². The Labute approximate surface area is 107 Å². The zero-order chi connectivity index (χ0) is 12.5. The van der Waals surface area contributed by atoms with Gasteiger partial charge in [-0.2, -0.15) is 0 Å². The normalized spacial score (nSPS) is 39.2. The molecule has 0 amide bonds. The van der Waals surface area contributed by atoms with Crippen LogP contribution in [0.25, 0.3) is 0 Å². The predicted octanol–water partition coefficient (Wildman–Crippen LogP) is 3.01. The minimum absolute atomic E-state index is 0.547. The molecule has 1 aliphatic heterocycles. The molecule has 0 radical (unpaired) electrons. The summed E-state index contributed by atoms with van der Waals surface area (Å²) in [6, 6.07) is 1.46. The van der Waals surface area contributed by atoms with E-state index in [0.717, 1.165) is 18.5 Å². The zero-order valence-electron chi connectivity index (χ0n) is 11.9. The van der Waals surface area contributed by atoms with E-state index in [4.69, 9.17) is 5.73 Å². The molecule has 1 saturated heterocycles. The third-order valence-electron chi connectivity index (χ3n) is 4.94. The van der Waals surface area contributed by atoms with Crippen molar-refractivity contribution >= 4 is 0 Å². The third kappa shape index (κ3) is 3.23. The summed E-state index contributed by atoms with van der Waals surface area (Å²) in [7, 11) is 0. The molecule has 2 fully saturated rings. The molecule has 17 heavy (non-hydrogen) atoms. The van der Waals surface area contributed by atoms with Crippen LogP contribution in [0, 0.1) is 11.3 Å². The quantitative estimate of drug-likeness (QED) is 0.801. The van der Waals surface area contributed by atoms with Crippen LogP contribution < -0.4 is 5.73 Å². The van der Waals surface area contributed by atoms with Gasteiger partial charge < -0.3 is 5.73 Å². The van der Waals surface area contributed by atoms with Crippen molar-refractivity contribution in [2.24, 2.45) is 17.1 Å². The van der Waals surface area contributed by atoms with Crippen molar-refractivity contribution in [2.75, 3.05) is 13.1 Å². The fourth-order valence-electron chi connectivity index (χ4n) is 3.92. The molecule has 1 saturated carbocycles. The number of rotatable bonds is 2. The number of hydrogen-bond acceptors (Lipinski definition) is 2. The second-order valence-corrected chi connectivity index (χ2v) is 7.17. The molecule has 0 aromatic heterocycles. The number of hydrogen-bond donors (Lipinski definition) is 1. The molecule has 2 rings (SSSR count). The minimum Gasteiger partial charge on any atom is -0.329 e. The van der Waals surface area contributed by atoms with Crippen molar-refractivity contribution in [3.05, 3.63) is 0 Å². The van der Waals surface area contributed by atoms with Crippen molar-refractivity contribution in [3.63, 3.8) is 0 Å². The van der Waals surface area contributed by atoms with E-state index >= 15 is 0 Å². The lowest BCUT2D eigenvalue weighted by Crippen LogP contribution is -2.53. The van der Waals surface area contributed by atoms with Gasteiger partial charge in [-0.3, -0.25) is 4.90 Å². The average molecular weight is 238 g/mol. The Kier molecular flexibility index (Phi) is 4.14. The number of likely N-dealkylation sites (tertiary alicyclic amines) is 1. The Morgan fingerprint density at radius 2 is 2.06 bits per heavy atom. The first kappa shape index (κ1) is 13.4. The van der Waals surface area contributed by atoms with E-state index in [1.807, 2.05) is 0 Å². The van der Waals surface area contributed by atoms with E-state index in [9.17, 15) is 0 Å². The molecular weight excluding hydrogens is 208 g/mol. The van der Waals surface area contributed by atoms with Gasteiger partial charge in [0.05, 0.1) is 0 Å². The molecule has 0 spiro atoms. The van der Waals surface area contributed by atoms with Crippen molar-refractivity contribution in [1.82, 2.24) is 4.90 Å². The average Bonchev–Trinajstić information content (AvgIpc) is 2.27. The molecule has 2 nitrogen and oxygen atoms in total. The second kappa shape index (κ2) is 5.27. The lowest BCUT2D eigenvalue weighted by Gasteiger charge is -2.47. The molecule has 2 heteroatoms. The van der Waals surface area contributed by atoms with Gasteiger partial charge in [0.25, 0.3) is 0 Å². The highest BCUT2D eigenvalue weighted by molar-refractivity contribution is 4.91. The summed E-state index contributed by atoms with van der Waals surface area (Å²) < 4.78 is 0. The van der Waals surface area contributed by atoms with E-state index < -0.39 is 0 Å². The van der Waals surface area contributed by atoms with E-state index in [-0.39, 0.29) is 0 Å². The molecule has 1 heterocycles. The number of nitrogens with two attached hydrogens (primary N) is 1. The lowest BCUT2D eigenvalue weighted by molar-refractivity contribution is 0.0285. The topological polar surface area (TPSA) is 29.3 Å². The zero-order valence-corrected chi connectivity index (χ0v) is 11.9. The first-order valence-electron chi connectivity index (χ1n) is 7.47. The highest BCUT2D eigenvalue weighted by Crippen LogP contribution is 2.39. The summed E-state index contributed by atoms with van der Waals surface area (Å²) in [4.78, 5) is 2.75. The largest absolute Gasteiger partial charge is 0.329 e. The maximum Gasteiger partial charge on any atom is 0.0223 e. The molecule has 0 aromatic carbocycles. The summed E-state index contributed by atoms with van der Waals surface area (Å²) in [6.07, 6.45) is 8.26. The van der Waals surface area contributed by atoms with E-state index in [2.05, 4.69) is 25.7 Å². The predicted molar refractivity (Wildman–Crippen MR) is 74.0 cm³/mol. The van der Waals surface area contributed by atoms with Crippen molar-refractivity contribution in [1.29, 1.82) is 0 Å². The monoisotopic (exact) mass is 238 g/mol. The minimum atomic E-state index is 0.547. The van der Waals surface area contributed by atoms with E-state index in [0.29, 0.717) is 11.5 Å². The highest BCUT2D eigenvalue weighted by atomic mass is 15.2. The third-order valence-corrected chi connectivity index (χ3v) is 4.94. The fraction of sp³-hybridized carbons (Fsp3) is 1.00. The number of piperidine rings is 1. The first-order chi connectivity index (χ1) is 8.02. The molecule has 0 aromatic rings. The van der Waals surface area contributed by atoms with Crippen LogP contribution in [0.1, 0.15) is 59.3 Å². The Morgan fingerprint density at radius 1 is 1.29 bits per heavy atom. The van der Waals surface area contributed by atoms with Gasteiger partial charge in [-0.25, -0.2) is 0 Å². The van der Waals surface area contributed by atoms with Gasteiger partial charge in [-0.15, -0.1) is 0 Å². The van der Waals surface area contributed by atoms with Gasteiger partial charge >= 0.3 is 0 Å². The fourth-order valence-corrected chi connectivity index (χ4v) is 3.92. The molecule has 2 aliphatic rings. The maximum absolute atomic E-state index is 5.99. The molecule has 1 aliphatic carbocycles. The Balaban J connectivity index is 2.00. The van der Waals surface area contributed by atoms with Gasteiger partial charge in [-0.05, 0) is 50.0 Å². The molecular formula is C15H30N2. The van der Waals surface area contributed by atoms with Gasteiger partial charge in [0.2, 0.25) is 0 Å². The lowest BCUT2D eigenvalue weighted by atomic mass is 9.74. The van der Waals surface area contributed by atoms with Crippen LogP contribution in [-0.2, 0) is 0 Å². The molecule has 100 valence electrons. The second-order valence-electron chi connectivity index (χ2n) is 7.17. The molecule has 0 bridgehead atoms. The highest BCUT2D eigenvalue weighted by Gasteiger charge is 2.36. The summed E-state index contributed by atoms with van der Waals surface area (Å²) in [5, 5.41) is 0. The molecule has 3 unspecified atom stereocenters. The van der Waals surface area contributed by atoms with E-state index in [1.165, 1.54) is 45.1 Å². The SMILES string of the molecule is CC1CCN(C2CCCC(C)(C)C2)C(CN)C1. The van der Waals surface area contributed by atoms with Crippen LogP contribution in [0.5, 0.6) is 0 Å². The van der Waals surface area contributed by atoms with Crippen molar-refractivity contribution in [3.8, 4) is 0 Å². The Hall–Kier alpha value is -0.0800. The summed E-state index contributed by atoms with van der Waals surface area (Å²) in [5.74, 6) is 0.872. The van der Waals surface area contributed by atoms with Crippen LogP contribution in [0.4, 0.5) is 0 Å². The summed E-state index contributed by atoms with van der Waals surface area (Å²) in [5.41, 5.74) is 6.54.